The van der Waals surface area contributed by atoms with E-state index in [-0.39, 0.29) is 5.82 Å². The molecule has 18 heavy (non-hydrogen) atoms. The van der Waals surface area contributed by atoms with Crippen LogP contribution in [0.3, 0.4) is 0 Å². The van der Waals surface area contributed by atoms with Gasteiger partial charge in [0.1, 0.15) is 5.82 Å². The minimum atomic E-state index is -0.779. The van der Waals surface area contributed by atoms with Gasteiger partial charge in [-0.25, -0.2) is 4.39 Å². The van der Waals surface area contributed by atoms with E-state index >= 15 is 0 Å². The van der Waals surface area contributed by atoms with Crippen molar-refractivity contribution in [3.8, 4) is 0 Å². The van der Waals surface area contributed by atoms with Crippen LogP contribution in [0.4, 0.5) is 10.1 Å². The largest absolute Gasteiger partial charge is 0.389 e. The van der Waals surface area contributed by atoms with Gasteiger partial charge in [-0.15, -0.1) is 0 Å². The van der Waals surface area contributed by atoms with Crippen molar-refractivity contribution in [3.63, 3.8) is 0 Å². The van der Waals surface area contributed by atoms with E-state index in [4.69, 9.17) is 0 Å². The number of hydrogen-bond acceptors (Lipinski definition) is 3. The fourth-order valence-electron chi connectivity index (χ4n) is 2.46. The minimum absolute atomic E-state index is 0.319. The minimum Gasteiger partial charge on any atom is -0.389 e. The molecule has 0 aromatic heterocycles. The molecular weight excluding hydrogens is 249 g/mol. The van der Waals surface area contributed by atoms with Crippen molar-refractivity contribution in [1.82, 2.24) is 0 Å². The van der Waals surface area contributed by atoms with Gasteiger partial charge in [0.15, 0.2) is 0 Å². The highest BCUT2D eigenvalue weighted by atomic mass is 32.2. The van der Waals surface area contributed by atoms with Crippen LogP contribution in [0.15, 0.2) is 18.2 Å². The highest BCUT2D eigenvalue weighted by Crippen LogP contribution is 2.34. The summed E-state index contributed by atoms with van der Waals surface area (Å²) >= 11 is 1.95. The van der Waals surface area contributed by atoms with Crippen LogP contribution >= 0.6 is 11.8 Å². The van der Waals surface area contributed by atoms with E-state index in [0.29, 0.717) is 16.9 Å². The lowest BCUT2D eigenvalue weighted by molar-refractivity contribution is 0.194. The molecule has 0 amide bonds. The SMILES string of the molecule is CC1SCCN(c2cccc(F)c2[C@@H](C)O)C1C. The maximum atomic E-state index is 13.9. The van der Waals surface area contributed by atoms with Gasteiger partial charge in [0.2, 0.25) is 0 Å². The number of benzene rings is 1. The Labute approximate surface area is 112 Å². The monoisotopic (exact) mass is 269 g/mol. The van der Waals surface area contributed by atoms with E-state index in [0.717, 1.165) is 18.0 Å². The molecule has 0 bridgehead atoms. The zero-order chi connectivity index (χ0) is 13.3. The molecule has 2 rings (SSSR count). The third kappa shape index (κ3) is 2.50. The third-order valence-corrected chi connectivity index (χ3v) is 4.98. The summed E-state index contributed by atoms with van der Waals surface area (Å²) in [4.78, 5) is 2.21. The summed E-state index contributed by atoms with van der Waals surface area (Å²) in [6.45, 7) is 6.88. The van der Waals surface area contributed by atoms with Crippen LogP contribution in [-0.2, 0) is 0 Å². The molecule has 100 valence electrons. The van der Waals surface area contributed by atoms with Gasteiger partial charge < -0.3 is 10.0 Å². The Balaban J connectivity index is 2.41. The number of hydrogen-bond donors (Lipinski definition) is 1. The Kier molecular flexibility index (Phi) is 4.17. The molecule has 1 fully saturated rings. The van der Waals surface area contributed by atoms with Crippen molar-refractivity contribution in [3.05, 3.63) is 29.6 Å². The number of nitrogens with zero attached hydrogens (tertiary/aromatic N) is 1. The Hall–Kier alpha value is -0.740. The first kappa shape index (κ1) is 13.7. The number of aliphatic hydroxyl groups excluding tert-OH is 1. The Morgan fingerprint density at radius 3 is 2.83 bits per heavy atom. The second-order valence-corrected chi connectivity index (χ2v) is 6.34. The molecule has 0 saturated carbocycles. The van der Waals surface area contributed by atoms with Crippen LogP contribution in [0.25, 0.3) is 0 Å². The fraction of sp³-hybridized carbons (Fsp3) is 0.571. The molecule has 1 N–H and O–H groups in total. The number of thioether (sulfide) groups is 1. The molecule has 0 radical (unpaired) electrons. The predicted molar refractivity (Wildman–Crippen MR) is 75.8 cm³/mol. The first-order chi connectivity index (χ1) is 8.52. The Bertz CT molecular complexity index is 424. The van der Waals surface area contributed by atoms with Crippen molar-refractivity contribution in [1.29, 1.82) is 0 Å². The molecule has 1 aromatic carbocycles. The van der Waals surface area contributed by atoms with Crippen LogP contribution in [0, 0.1) is 5.82 Å². The highest BCUT2D eigenvalue weighted by Gasteiger charge is 2.28. The number of rotatable bonds is 2. The van der Waals surface area contributed by atoms with Crippen LogP contribution in [0.1, 0.15) is 32.4 Å². The predicted octanol–water partition coefficient (Wildman–Crippen LogP) is 3.21. The van der Waals surface area contributed by atoms with E-state index in [1.54, 1.807) is 13.0 Å². The van der Waals surface area contributed by atoms with Crippen molar-refractivity contribution < 1.29 is 9.50 Å². The highest BCUT2D eigenvalue weighted by molar-refractivity contribution is 8.00. The van der Waals surface area contributed by atoms with Crippen LogP contribution in [0.5, 0.6) is 0 Å². The van der Waals surface area contributed by atoms with E-state index in [2.05, 4.69) is 18.7 Å². The van der Waals surface area contributed by atoms with Crippen molar-refractivity contribution >= 4 is 17.4 Å². The van der Waals surface area contributed by atoms with Gasteiger partial charge >= 0.3 is 0 Å². The van der Waals surface area contributed by atoms with Crippen molar-refractivity contribution in [2.75, 3.05) is 17.2 Å². The van der Waals surface area contributed by atoms with Gasteiger partial charge in [0.25, 0.3) is 0 Å². The molecule has 3 atom stereocenters. The first-order valence-corrected chi connectivity index (χ1v) is 7.42. The maximum absolute atomic E-state index is 13.9. The molecule has 0 spiro atoms. The Morgan fingerprint density at radius 2 is 2.17 bits per heavy atom. The summed E-state index contributed by atoms with van der Waals surface area (Å²) in [7, 11) is 0. The quantitative estimate of drug-likeness (QED) is 0.892. The average molecular weight is 269 g/mol. The van der Waals surface area contributed by atoms with Gasteiger partial charge in [-0.1, -0.05) is 13.0 Å². The Morgan fingerprint density at radius 1 is 1.44 bits per heavy atom. The zero-order valence-corrected chi connectivity index (χ0v) is 11.9. The first-order valence-electron chi connectivity index (χ1n) is 6.37. The molecule has 1 saturated heterocycles. The molecule has 1 heterocycles. The van der Waals surface area contributed by atoms with E-state index in [1.807, 2.05) is 17.8 Å². The number of anilines is 1. The molecule has 0 aliphatic carbocycles. The van der Waals surface area contributed by atoms with Gasteiger partial charge in [-0.2, -0.15) is 11.8 Å². The summed E-state index contributed by atoms with van der Waals surface area (Å²) in [5.74, 6) is 0.724. The van der Waals surface area contributed by atoms with Crippen LogP contribution < -0.4 is 4.90 Å². The molecule has 2 nitrogen and oxygen atoms in total. The molecular formula is C14H20FNOS. The zero-order valence-electron chi connectivity index (χ0n) is 11.1. The number of aliphatic hydroxyl groups is 1. The smallest absolute Gasteiger partial charge is 0.131 e. The van der Waals surface area contributed by atoms with Crippen LogP contribution in [-0.4, -0.2) is 28.7 Å². The van der Waals surface area contributed by atoms with E-state index < -0.39 is 6.10 Å². The van der Waals surface area contributed by atoms with Gasteiger partial charge in [-0.3, -0.25) is 0 Å². The van der Waals surface area contributed by atoms with Gasteiger partial charge in [0, 0.05) is 34.8 Å². The lowest BCUT2D eigenvalue weighted by atomic mass is 10.0. The van der Waals surface area contributed by atoms with Gasteiger partial charge in [0.05, 0.1) is 6.10 Å². The molecule has 1 aromatic rings. The molecule has 4 heteroatoms. The number of halogens is 1. The second-order valence-electron chi connectivity index (χ2n) is 4.86. The van der Waals surface area contributed by atoms with Crippen molar-refractivity contribution in [2.24, 2.45) is 0 Å². The molecule has 1 aliphatic heterocycles. The topological polar surface area (TPSA) is 23.5 Å². The third-order valence-electron chi connectivity index (χ3n) is 3.64. The van der Waals surface area contributed by atoms with E-state index in [9.17, 15) is 9.50 Å². The lowest BCUT2D eigenvalue weighted by Crippen LogP contribution is -2.45. The summed E-state index contributed by atoms with van der Waals surface area (Å²) in [5.41, 5.74) is 1.26. The van der Waals surface area contributed by atoms with Crippen molar-refractivity contribution in [2.45, 2.75) is 38.2 Å². The maximum Gasteiger partial charge on any atom is 0.131 e. The van der Waals surface area contributed by atoms with Gasteiger partial charge in [-0.05, 0) is 26.0 Å². The summed E-state index contributed by atoms with van der Waals surface area (Å²) in [6, 6.07) is 5.39. The standard InChI is InChI=1S/C14H20FNOS/c1-9-11(3)18-8-7-16(9)13-6-4-5-12(15)14(13)10(2)17/h4-6,9-11,17H,7-8H2,1-3H3/t9?,10-,11?/m1/s1. The van der Waals surface area contributed by atoms with Crippen LogP contribution in [0.2, 0.25) is 0 Å². The lowest BCUT2D eigenvalue weighted by Gasteiger charge is -2.40. The second kappa shape index (κ2) is 5.49. The fourth-order valence-corrected chi connectivity index (χ4v) is 3.56. The molecule has 2 unspecified atom stereocenters. The van der Waals surface area contributed by atoms with E-state index in [1.165, 1.54) is 6.07 Å². The summed E-state index contributed by atoms with van der Waals surface area (Å²) < 4.78 is 13.9. The normalized spacial score (nSPS) is 26.2. The molecule has 1 aliphatic rings. The summed E-state index contributed by atoms with van der Waals surface area (Å²) in [6.07, 6.45) is -0.779. The average Bonchev–Trinajstić information content (AvgIpc) is 2.32. The summed E-state index contributed by atoms with van der Waals surface area (Å²) in [5, 5.41) is 10.3.